The molecule has 2 aromatic carbocycles. The van der Waals surface area contributed by atoms with Crippen LogP contribution in [0.15, 0.2) is 63.7 Å². The fraction of sp³-hybridized carbons (Fsp3) is 0.130. The van der Waals surface area contributed by atoms with E-state index in [0.717, 1.165) is 11.3 Å². The first kappa shape index (κ1) is 24.7. The number of hydrogen-bond donors (Lipinski definition) is 3. The Morgan fingerprint density at radius 1 is 1.11 bits per heavy atom. The third-order valence-electron chi connectivity index (χ3n) is 5.30. The van der Waals surface area contributed by atoms with Gasteiger partial charge >= 0.3 is 6.03 Å². The van der Waals surface area contributed by atoms with Crippen molar-refractivity contribution in [2.75, 3.05) is 17.7 Å². The van der Waals surface area contributed by atoms with Crippen LogP contribution < -0.4 is 20.9 Å². The van der Waals surface area contributed by atoms with Crippen LogP contribution in [0.5, 0.6) is 0 Å². The van der Waals surface area contributed by atoms with Gasteiger partial charge < -0.3 is 10.6 Å². The summed E-state index contributed by atoms with van der Waals surface area (Å²) in [6, 6.07) is 11.2. The van der Waals surface area contributed by atoms with Gasteiger partial charge in [0.1, 0.15) is 10.0 Å². The fourth-order valence-electron chi connectivity index (χ4n) is 3.57. The molecule has 0 aliphatic rings. The third kappa shape index (κ3) is 5.02. The minimum Gasteiger partial charge on any atom is -0.386 e. The number of thiophene rings is 1. The fourth-order valence-corrected chi connectivity index (χ4v) is 5.96. The first-order valence-electron chi connectivity index (χ1n) is 10.4. The molecule has 35 heavy (non-hydrogen) atoms. The topological polar surface area (TPSA) is 109 Å². The van der Waals surface area contributed by atoms with Gasteiger partial charge in [0.15, 0.2) is 0 Å². The molecule has 0 aliphatic heterocycles. The molecule has 4 rings (SSSR count). The van der Waals surface area contributed by atoms with Gasteiger partial charge in [0, 0.05) is 24.6 Å². The molecular weight excluding hydrogens is 515 g/mol. The molecule has 0 spiro atoms. The van der Waals surface area contributed by atoms with E-state index in [1.807, 2.05) is 11.6 Å². The Morgan fingerprint density at radius 3 is 2.54 bits per heavy atom. The summed E-state index contributed by atoms with van der Waals surface area (Å²) < 4.78 is 42.5. The van der Waals surface area contributed by atoms with Gasteiger partial charge in [0.05, 0.1) is 15.4 Å². The number of amides is 2. The lowest BCUT2D eigenvalue weighted by atomic mass is 10.1. The molecule has 0 saturated carbocycles. The highest BCUT2D eigenvalue weighted by Gasteiger charge is 2.20. The maximum atomic E-state index is 14.2. The predicted octanol–water partition coefficient (Wildman–Crippen LogP) is 4.96. The van der Waals surface area contributed by atoms with E-state index < -0.39 is 27.4 Å². The Balaban J connectivity index is 1.62. The number of sulfonamides is 1. The van der Waals surface area contributed by atoms with Gasteiger partial charge in [-0.3, -0.25) is 9.36 Å². The molecule has 0 radical (unpaired) electrons. The standard InChI is InChI=1S/C23H20ClFN4O4S2/c1-3-13-10-15(29-9-8-14-11-19(26-2)17(25)12-16(14)22(29)30)4-5-18(13)27-23(31)28-35(32,33)21-7-6-20(24)34-21/h4-12,26H,3H2,1-2H3,(H2,27,28,31). The molecule has 0 saturated heterocycles. The average molecular weight is 535 g/mol. The maximum Gasteiger partial charge on any atom is 0.333 e. The highest BCUT2D eigenvalue weighted by molar-refractivity contribution is 7.92. The smallest absolute Gasteiger partial charge is 0.333 e. The lowest BCUT2D eigenvalue weighted by Crippen LogP contribution is -2.34. The monoisotopic (exact) mass is 534 g/mol. The van der Waals surface area contributed by atoms with E-state index in [2.05, 4.69) is 10.6 Å². The summed E-state index contributed by atoms with van der Waals surface area (Å²) in [5.74, 6) is -0.533. The number of nitrogens with zero attached hydrogens (tertiary/aromatic N) is 1. The molecule has 2 amide bonds. The number of rotatable bonds is 6. The van der Waals surface area contributed by atoms with Crippen molar-refractivity contribution in [1.29, 1.82) is 0 Å². The molecule has 0 atom stereocenters. The van der Waals surface area contributed by atoms with E-state index >= 15 is 0 Å². The van der Waals surface area contributed by atoms with Crippen LogP contribution in [0.2, 0.25) is 4.34 Å². The van der Waals surface area contributed by atoms with Gasteiger partial charge in [0.25, 0.3) is 15.6 Å². The zero-order valence-electron chi connectivity index (χ0n) is 18.6. The number of anilines is 2. The summed E-state index contributed by atoms with van der Waals surface area (Å²) in [4.78, 5) is 25.4. The summed E-state index contributed by atoms with van der Waals surface area (Å²) in [5, 5.41) is 6.10. The van der Waals surface area contributed by atoms with E-state index in [0.29, 0.717) is 34.4 Å². The van der Waals surface area contributed by atoms with Gasteiger partial charge in [-0.25, -0.2) is 22.3 Å². The van der Waals surface area contributed by atoms with E-state index in [-0.39, 0.29) is 13.9 Å². The van der Waals surface area contributed by atoms with Crippen LogP contribution in [0.3, 0.4) is 0 Å². The molecule has 12 heteroatoms. The Morgan fingerprint density at radius 2 is 1.89 bits per heavy atom. The van der Waals surface area contributed by atoms with Gasteiger partial charge in [-0.15, -0.1) is 11.3 Å². The van der Waals surface area contributed by atoms with Gasteiger partial charge in [0.2, 0.25) is 0 Å². The van der Waals surface area contributed by atoms with E-state index in [1.54, 1.807) is 43.6 Å². The second kappa shape index (κ2) is 9.68. The second-order valence-corrected chi connectivity index (χ2v) is 11.1. The van der Waals surface area contributed by atoms with E-state index in [1.165, 1.54) is 22.8 Å². The number of hydrogen-bond acceptors (Lipinski definition) is 6. The number of carbonyl (C=O) groups excluding carboxylic acids is 1. The predicted molar refractivity (Wildman–Crippen MR) is 137 cm³/mol. The normalized spacial score (nSPS) is 11.4. The number of nitrogens with one attached hydrogen (secondary N) is 3. The van der Waals surface area contributed by atoms with Gasteiger partial charge in [-0.2, -0.15) is 0 Å². The molecule has 0 fully saturated rings. The quantitative estimate of drug-likeness (QED) is 0.324. The van der Waals surface area contributed by atoms with Crippen molar-refractivity contribution in [3.8, 4) is 5.69 Å². The maximum absolute atomic E-state index is 14.2. The van der Waals surface area contributed by atoms with Gasteiger partial charge in [-0.05, 0) is 65.9 Å². The SMILES string of the molecule is CCc1cc(-n2ccc3cc(NC)c(F)cc3c2=O)ccc1NC(=O)NS(=O)(=O)c1ccc(Cl)s1. The Labute approximate surface area is 209 Å². The van der Waals surface area contributed by atoms with Crippen molar-refractivity contribution >= 4 is 61.1 Å². The van der Waals surface area contributed by atoms with Crippen LogP contribution in [0.1, 0.15) is 12.5 Å². The van der Waals surface area contributed by atoms with Crippen molar-refractivity contribution in [1.82, 2.24) is 9.29 Å². The number of pyridine rings is 1. The Bertz CT molecular complexity index is 1620. The molecule has 4 aromatic rings. The van der Waals surface area contributed by atoms with Crippen molar-refractivity contribution < 1.29 is 17.6 Å². The second-order valence-electron chi connectivity index (χ2n) is 7.47. The van der Waals surface area contributed by atoms with Crippen molar-refractivity contribution in [2.45, 2.75) is 17.6 Å². The first-order chi connectivity index (χ1) is 16.6. The molecule has 3 N–H and O–H groups in total. The molecule has 2 aromatic heterocycles. The average Bonchev–Trinajstić information content (AvgIpc) is 3.27. The summed E-state index contributed by atoms with van der Waals surface area (Å²) in [7, 11) is -2.48. The Kier molecular flexibility index (Phi) is 6.84. The zero-order valence-corrected chi connectivity index (χ0v) is 20.9. The minimum atomic E-state index is -4.07. The largest absolute Gasteiger partial charge is 0.386 e. The highest BCUT2D eigenvalue weighted by Crippen LogP contribution is 2.26. The van der Waals surface area contributed by atoms with Crippen LogP contribution in [-0.2, 0) is 16.4 Å². The zero-order chi connectivity index (χ0) is 25.3. The minimum absolute atomic E-state index is 0.0855. The first-order valence-corrected chi connectivity index (χ1v) is 13.1. The number of benzene rings is 2. The van der Waals surface area contributed by atoms with Crippen LogP contribution in [-0.4, -0.2) is 26.1 Å². The molecule has 8 nitrogen and oxygen atoms in total. The molecule has 0 unspecified atom stereocenters. The number of aryl methyl sites for hydroxylation is 1. The summed E-state index contributed by atoms with van der Waals surface area (Å²) in [5.41, 5.74) is 1.45. The molecular formula is C23H20ClFN4O4S2. The lowest BCUT2D eigenvalue weighted by Gasteiger charge is -2.14. The number of fused-ring (bicyclic) bond motifs is 1. The summed E-state index contributed by atoms with van der Waals surface area (Å²) in [6.07, 6.45) is 2.08. The summed E-state index contributed by atoms with van der Waals surface area (Å²) in [6.45, 7) is 1.85. The molecule has 2 heterocycles. The van der Waals surface area contributed by atoms with E-state index in [9.17, 15) is 22.4 Å². The third-order valence-corrected chi connectivity index (χ3v) is 8.35. The number of urea groups is 1. The van der Waals surface area contributed by atoms with Crippen molar-refractivity contribution in [3.05, 3.63) is 80.8 Å². The Hall–Kier alpha value is -3.41. The van der Waals surface area contributed by atoms with Crippen molar-refractivity contribution in [2.24, 2.45) is 0 Å². The van der Waals surface area contributed by atoms with Crippen LogP contribution >= 0.6 is 22.9 Å². The van der Waals surface area contributed by atoms with Crippen molar-refractivity contribution in [3.63, 3.8) is 0 Å². The highest BCUT2D eigenvalue weighted by atomic mass is 35.5. The van der Waals surface area contributed by atoms with Crippen LogP contribution in [0.4, 0.5) is 20.6 Å². The van der Waals surface area contributed by atoms with Crippen LogP contribution in [0.25, 0.3) is 16.5 Å². The molecule has 0 aliphatic carbocycles. The lowest BCUT2D eigenvalue weighted by molar-refractivity contribution is 0.256. The summed E-state index contributed by atoms with van der Waals surface area (Å²) >= 11 is 6.61. The number of halogens is 2. The molecule has 0 bridgehead atoms. The molecule has 182 valence electrons. The van der Waals surface area contributed by atoms with Crippen LogP contribution in [0, 0.1) is 5.82 Å². The number of aromatic nitrogens is 1. The van der Waals surface area contributed by atoms with Gasteiger partial charge in [-0.1, -0.05) is 18.5 Å². The number of carbonyl (C=O) groups is 1. The van der Waals surface area contributed by atoms with E-state index in [4.69, 9.17) is 11.6 Å².